The van der Waals surface area contributed by atoms with E-state index >= 15 is 0 Å². The lowest BCUT2D eigenvalue weighted by molar-refractivity contribution is 0.0471. The number of hydrogen-bond acceptors (Lipinski definition) is 3. The molecule has 1 aromatic rings. The summed E-state index contributed by atoms with van der Waals surface area (Å²) in [6, 6.07) is 9.31. The van der Waals surface area contributed by atoms with Gasteiger partial charge < -0.3 is 10.1 Å². The van der Waals surface area contributed by atoms with Gasteiger partial charge in [0.2, 0.25) is 0 Å². The normalized spacial score (nSPS) is 13.3. The Hall–Kier alpha value is -1.06. The number of halogens is 1. The van der Waals surface area contributed by atoms with Crippen LogP contribution in [-0.4, -0.2) is 25.2 Å². The van der Waals surface area contributed by atoms with E-state index in [1.165, 1.54) is 19.3 Å². The third kappa shape index (κ3) is 10.4. The van der Waals surface area contributed by atoms with E-state index in [-0.39, 0.29) is 24.4 Å². The Labute approximate surface area is 147 Å². The summed E-state index contributed by atoms with van der Waals surface area (Å²) < 4.78 is 5.33. The Morgan fingerprint density at radius 1 is 1.09 bits per heavy atom. The molecule has 0 bridgehead atoms. The Morgan fingerprint density at radius 3 is 2.35 bits per heavy atom. The van der Waals surface area contributed by atoms with E-state index in [1.54, 1.807) is 12.1 Å². The molecule has 1 aromatic carbocycles. The minimum Gasteiger partial charge on any atom is -0.460 e. The van der Waals surface area contributed by atoms with Gasteiger partial charge in [0.15, 0.2) is 0 Å². The molecule has 0 heterocycles. The van der Waals surface area contributed by atoms with E-state index in [0.717, 1.165) is 12.5 Å². The van der Waals surface area contributed by atoms with Crippen LogP contribution in [0.5, 0.6) is 0 Å². The molecule has 0 aliphatic heterocycles. The number of carbonyl (C=O) groups excluding carboxylic acids is 1. The molecule has 0 radical (unpaired) electrons. The number of ether oxygens (including phenoxy) is 1. The van der Waals surface area contributed by atoms with E-state index in [9.17, 15) is 4.79 Å². The van der Waals surface area contributed by atoms with Gasteiger partial charge in [-0.05, 0) is 43.9 Å². The molecule has 2 atom stereocenters. The number of nitrogens with one attached hydrogen (secondary N) is 1. The molecule has 3 nitrogen and oxygen atoms in total. The molecule has 0 amide bonds. The average Bonchev–Trinajstić information content (AvgIpc) is 2.51. The van der Waals surface area contributed by atoms with Crippen molar-refractivity contribution >= 4 is 18.4 Å². The van der Waals surface area contributed by atoms with Crippen molar-refractivity contribution in [1.29, 1.82) is 0 Å². The number of carbonyl (C=O) groups is 1. The summed E-state index contributed by atoms with van der Waals surface area (Å²) >= 11 is 0. The third-order valence-corrected chi connectivity index (χ3v) is 3.77. The molecule has 0 saturated carbocycles. The summed E-state index contributed by atoms with van der Waals surface area (Å²) in [7, 11) is 0. The van der Waals surface area contributed by atoms with Gasteiger partial charge in [0.25, 0.3) is 0 Å². The van der Waals surface area contributed by atoms with Crippen molar-refractivity contribution in [2.24, 2.45) is 11.8 Å². The van der Waals surface area contributed by atoms with E-state index in [0.29, 0.717) is 18.1 Å². The highest BCUT2D eigenvalue weighted by Crippen LogP contribution is 2.11. The fourth-order valence-corrected chi connectivity index (χ4v) is 2.30. The summed E-state index contributed by atoms with van der Waals surface area (Å²) in [5.41, 5.74) is 0.608. The van der Waals surface area contributed by atoms with Crippen LogP contribution in [-0.2, 0) is 4.74 Å². The fraction of sp³-hybridized carbons (Fsp3) is 0.632. The first-order valence-electron chi connectivity index (χ1n) is 8.44. The van der Waals surface area contributed by atoms with Crippen LogP contribution in [0, 0.1) is 11.8 Å². The minimum absolute atomic E-state index is 0. The molecule has 132 valence electrons. The van der Waals surface area contributed by atoms with Crippen molar-refractivity contribution in [2.75, 3.05) is 13.2 Å². The summed E-state index contributed by atoms with van der Waals surface area (Å²) in [5, 5.41) is 3.45. The molecule has 0 saturated heterocycles. The van der Waals surface area contributed by atoms with Gasteiger partial charge in [0.05, 0.1) is 5.56 Å². The lowest BCUT2D eigenvalue weighted by atomic mass is 9.99. The number of esters is 1. The Bertz CT molecular complexity index is 423. The van der Waals surface area contributed by atoms with Gasteiger partial charge in [-0.1, -0.05) is 51.8 Å². The van der Waals surface area contributed by atoms with Crippen LogP contribution in [0.25, 0.3) is 0 Å². The van der Waals surface area contributed by atoms with Gasteiger partial charge >= 0.3 is 5.97 Å². The zero-order valence-corrected chi connectivity index (χ0v) is 15.7. The predicted molar refractivity (Wildman–Crippen MR) is 99.3 cm³/mol. The van der Waals surface area contributed by atoms with E-state index in [2.05, 4.69) is 33.0 Å². The van der Waals surface area contributed by atoms with Gasteiger partial charge in [-0.25, -0.2) is 4.79 Å². The number of hydrogen-bond donors (Lipinski definition) is 1. The van der Waals surface area contributed by atoms with Crippen LogP contribution >= 0.6 is 12.4 Å². The Kier molecular flexibility index (Phi) is 11.8. The average molecular weight is 342 g/mol. The largest absolute Gasteiger partial charge is 0.460 e. The van der Waals surface area contributed by atoms with Gasteiger partial charge in [-0.2, -0.15) is 0 Å². The number of rotatable bonds is 10. The lowest BCUT2D eigenvalue weighted by Crippen LogP contribution is -2.34. The summed E-state index contributed by atoms with van der Waals surface area (Å²) in [4.78, 5) is 11.8. The molecule has 0 fully saturated rings. The molecule has 0 aliphatic rings. The molecular formula is C19H32ClNO2. The molecule has 0 aromatic heterocycles. The molecule has 23 heavy (non-hydrogen) atoms. The highest BCUT2D eigenvalue weighted by Gasteiger charge is 2.10. The van der Waals surface area contributed by atoms with Gasteiger partial charge in [-0.3, -0.25) is 0 Å². The second-order valence-electron chi connectivity index (χ2n) is 6.70. The Morgan fingerprint density at radius 2 is 1.74 bits per heavy atom. The van der Waals surface area contributed by atoms with Crippen LogP contribution in [0.15, 0.2) is 30.3 Å². The molecule has 1 N–H and O–H groups in total. The molecule has 4 heteroatoms. The molecule has 1 rings (SSSR count). The SMILES string of the molecule is CC(C)CCCC(C)CNC(C)COC(=O)c1ccccc1.Cl. The van der Waals surface area contributed by atoms with Crippen LogP contribution in [0.1, 0.15) is 57.3 Å². The van der Waals surface area contributed by atoms with Crippen LogP contribution in [0.4, 0.5) is 0 Å². The van der Waals surface area contributed by atoms with Crippen LogP contribution in [0.2, 0.25) is 0 Å². The quantitative estimate of drug-likeness (QED) is 0.626. The molecular weight excluding hydrogens is 310 g/mol. The summed E-state index contributed by atoms with van der Waals surface area (Å²) in [5.74, 6) is 1.20. The van der Waals surface area contributed by atoms with E-state index in [4.69, 9.17) is 4.74 Å². The molecule has 0 aliphatic carbocycles. The highest BCUT2D eigenvalue weighted by atomic mass is 35.5. The summed E-state index contributed by atoms with van der Waals surface area (Å²) in [6.45, 7) is 10.3. The first-order chi connectivity index (χ1) is 10.5. The van der Waals surface area contributed by atoms with Crippen LogP contribution in [0.3, 0.4) is 0 Å². The standard InChI is InChI=1S/C19H31NO2.ClH/c1-15(2)9-8-10-16(3)13-20-17(4)14-22-19(21)18-11-6-5-7-12-18;/h5-7,11-12,15-17,20H,8-10,13-14H2,1-4H3;1H. The van der Waals surface area contributed by atoms with Crippen molar-refractivity contribution in [3.63, 3.8) is 0 Å². The topological polar surface area (TPSA) is 38.3 Å². The van der Waals surface area contributed by atoms with Gasteiger partial charge in [0, 0.05) is 6.04 Å². The van der Waals surface area contributed by atoms with Crippen molar-refractivity contribution in [1.82, 2.24) is 5.32 Å². The maximum absolute atomic E-state index is 11.8. The molecule has 0 spiro atoms. The Balaban J connectivity index is 0.00000484. The fourth-order valence-electron chi connectivity index (χ4n) is 2.30. The predicted octanol–water partition coefficient (Wildman–Crippen LogP) is 4.71. The van der Waals surface area contributed by atoms with Crippen LogP contribution < -0.4 is 5.32 Å². The second-order valence-corrected chi connectivity index (χ2v) is 6.70. The monoisotopic (exact) mass is 341 g/mol. The van der Waals surface area contributed by atoms with Crippen molar-refractivity contribution in [2.45, 2.75) is 53.0 Å². The highest BCUT2D eigenvalue weighted by molar-refractivity contribution is 5.89. The van der Waals surface area contributed by atoms with Crippen molar-refractivity contribution in [3.8, 4) is 0 Å². The number of benzene rings is 1. The zero-order chi connectivity index (χ0) is 16.4. The maximum atomic E-state index is 11.8. The van der Waals surface area contributed by atoms with E-state index in [1.807, 2.05) is 18.2 Å². The smallest absolute Gasteiger partial charge is 0.338 e. The van der Waals surface area contributed by atoms with E-state index < -0.39 is 0 Å². The summed E-state index contributed by atoms with van der Waals surface area (Å²) in [6.07, 6.45) is 3.84. The third-order valence-electron chi connectivity index (χ3n) is 3.77. The molecule has 2 unspecified atom stereocenters. The minimum atomic E-state index is -0.251. The van der Waals surface area contributed by atoms with Gasteiger partial charge in [-0.15, -0.1) is 12.4 Å². The van der Waals surface area contributed by atoms with Crippen molar-refractivity contribution < 1.29 is 9.53 Å². The first-order valence-corrected chi connectivity index (χ1v) is 8.44. The van der Waals surface area contributed by atoms with Gasteiger partial charge in [0.1, 0.15) is 6.61 Å². The first kappa shape index (κ1) is 21.9. The maximum Gasteiger partial charge on any atom is 0.338 e. The zero-order valence-electron chi connectivity index (χ0n) is 14.9. The second kappa shape index (κ2) is 12.4. The lowest BCUT2D eigenvalue weighted by Gasteiger charge is -2.18. The van der Waals surface area contributed by atoms with Crippen molar-refractivity contribution in [3.05, 3.63) is 35.9 Å².